The smallest absolute Gasteiger partial charge is 0.256 e. The molecule has 1 heterocycles. The Bertz CT molecular complexity index is 527. The van der Waals surface area contributed by atoms with Crippen LogP contribution in [0, 0.1) is 0 Å². The molecule has 0 unspecified atom stereocenters. The van der Waals surface area contributed by atoms with Crippen molar-refractivity contribution in [3.8, 4) is 5.75 Å². The first kappa shape index (κ1) is 12.1. The van der Waals surface area contributed by atoms with Gasteiger partial charge in [-0.1, -0.05) is 6.07 Å². The van der Waals surface area contributed by atoms with Crippen molar-refractivity contribution in [3.63, 3.8) is 0 Å². The quantitative estimate of drug-likeness (QED) is 0.790. The zero-order valence-corrected chi connectivity index (χ0v) is 9.92. The van der Waals surface area contributed by atoms with E-state index in [0.29, 0.717) is 22.6 Å². The molecule has 3 nitrogen and oxygen atoms in total. The molecular formula is C11H11ClF2N2O. The molecule has 0 aliphatic rings. The summed E-state index contributed by atoms with van der Waals surface area (Å²) in [5.41, 5.74) is 1.17. The van der Waals surface area contributed by atoms with Crippen LogP contribution in [0.4, 0.5) is 8.78 Å². The van der Waals surface area contributed by atoms with Gasteiger partial charge in [0.15, 0.2) is 0 Å². The lowest BCUT2D eigenvalue weighted by Gasteiger charge is -2.06. The predicted octanol–water partition coefficient (Wildman–Crippen LogP) is 3.05. The van der Waals surface area contributed by atoms with Crippen molar-refractivity contribution in [1.29, 1.82) is 0 Å². The molecule has 0 spiro atoms. The van der Waals surface area contributed by atoms with Crippen LogP contribution in [0.25, 0.3) is 11.0 Å². The molecule has 6 heteroatoms. The van der Waals surface area contributed by atoms with Crippen molar-refractivity contribution < 1.29 is 13.5 Å². The summed E-state index contributed by atoms with van der Waals surface area (Å²) in [5.74, 6) is 1.07. The van der Waals surface area contributed by atoms with E-state index in [1.165, 1.54) is 11.7 Å². The molecular weight excluding hydrogens is 250 g/mol. The maximum atomic E-state index is 12.5. The van der Waals surface area contributed by atoms with Gasteiger partial charge in [0.05, 0.1) is 25.1 Å². The third kappa shape index (κ3) is 2.20. The minimum absolute atomic E-state index is 0.0879. The van der Waals surface area contributed by atoms with Crippen LogP contribution >= 0.6 is 11.6 Å². The molecule has 2 rings (SSSR count). The summed E-state index contributed by atoms with van der Waals surface area (Å²) in [7, 11) is 1.52. The number of methoxy groups -OCH3 is 1. The molecule has 0 aliphatic heterocycles. The number of para-hydroxylation sites is 1. The van der Waals surface area contributed by atoms with Gasteiger partial charge in [0.2, 0.25) is 0 Å². The fourth-order valence-corrected chi connectivity index (χ4v) is 1.98. The van der Waals surface area contributed by atoms with Crippen molar-refractivity contribution in [1.82, 2.24) is 9.55 Å². The number of ether oxygens (including phenoxy) is 1. The average Bonchev–Trinajstić information content (AvgIpc) is 2.66. The lowest BCUT2D eigenvalue weighted by Crippen LogP contribution is -2.09. The van der Waals surface area contributed by atoms with Crippen LogP contribution < -0.4 is 4.74 Å². The van der Waals surface area contributed by atoms with E-state index in [-0.39, 0.29) is 5.88 Å². The first-order valence-electron chi connectivity index (χ1n) is 5.03. The summed E-state index contributed by atoms with van der Waals surface area (Å²) < 4.78 is 31.6. The minimum Gasteiger partial charge on any atom is -0.494 e. The normalized spacial score (nSPS) is 11.4. The van der Waals surface area contributed by atoms with Crippen molar-refractivity contribution in [2.24, 2.45) is 0 Å². The second kappa shape index (κ2) is 4.87. The highest BCUT2D eigenvalue weighted by Crippen LogP contribution is 2.26. The van der Waals surface area contributed by atoms with E-state index in [1.54, 1.807) is 18.2 Å². The van der Waals surface area contributed by atoms with Gasteiger partial charge >= 0.3 is 0 Å². The van der Waals surface area contributed by atoms with Crippen LogP contribution in [-0.2, 0) is 12.4 Å². The Hall–Kier alpha value is -1.36. The minimum atomic E-state index is -2.44. The highest BCUT2D eigenvalue weighted by atomic mass is 35.5. The highest BCUT2D eigenvalue weighted by molar-refractivity contribution is 6.16. The Kier molecular flexibility index (Phi) is 3.47. The predicted molar refractivity (Wildman–Crippen MR) is 61.8 cm³/mol. The number of imidazole rings is 1. The second-order valence-electron chi connectivity index (χ2n) is 3.49. The summed E-state index contributed by atoms with van der Waals surface area (Å²) in [6.45, 7) is -0.411. The Balaban J connectivity index is 2.63. The van der Waals surface area contributed by atoms with E-state index in [9.17, 15) is 8.78 Å². The third-order valence-corrected chi connectivity index (χ3v) is 2.72. The first-order valence-corrected chi connectivity index (χ1v) is 5.57. The molecule has 0 saturated heterocycles. The number of hydrogen-bond acceptors (Lipinski definition) is 2. The van der Waals surface area contributed by atoms with Gasteiger partial charge in [-0.3, -0.25) is 0 Å². The molecule has 0 aliphatic carbocycles. The van der Waals surface area contributed by atoms with Crippen LogP contribution in [0.3, 0.4) is 0 Å². The van der Waals surface area contributed by atoms with Gasteiger partial charge in [-0.15, -0.1) is 11.6 Å². The number of nitrogens with zero attached hydrogens (tertiary/aromatic N) is 2. The number of aromatic nitrogens is 2. The summed E-state index contributed by atoms with van der Waals surface area (Å²) in [6.07, 6.45) is -2.44. The molecule has 92 valence electrons. The van der Waals surface area contributed by atoms with Crippen molar-refractivity contribution in [2.45, 2.75) is 18.9 Å². The second-order valence-corrected chi connectivity index (χ2v) is 3.76. The van der Waals surface area contributed by atoms with Gasteiger partial charge in [0.25, 0.3) is 6.43 Å². The maximum absolute atomic E-state index is 12.5. The Morgan fingerprint density at radius 2 is 2.24 bits per heavy atom. The highest BCUT2D eigenvalue weighted by Gasteiger charge is 2.16. The van der Waals surface area contributed by atoms with Gasteiger partial charge in [-0.05, 0) is 12.1 Å². The Morgan fingerprint density at radius 1 is 1.47 bits per heavy atom. The summed E-state index contributed by atoms with van der Waals surface area (Å²) in [5, 5.41) is 0. The summed E-state index contributed by atoms with van der Waals surface area (Å²) in [6, 6.07) is 5.20. The third-order valence-electron chi connectivity index (χ3n) is 2.48. The van der Waals surface area contributed by atoms with Gasteiger partial charge < -0.3 is 9.30 Å². The van der Waals surface area contributed by atoms with E-state index >= 15 is 0 Å². The maximum Gasteiger partial charge on any atom is 0.256 e. The van der Waals surface area contributed by atoms with E-state index in [2.05, 4.69) is 4.98 Å². The molecule has 0 radical (unpaired) electrons. The van der Waals surface area contributed by atoms with Crippen LogP contribution in [0.15, 0.2) is 18.2 Å². The molecule has 0 bridgehead atoms. The number of benzene rings is 1. The number of hydrogen-bond donors (Lipinski definition) is 0. The number of alkyl halides is 3. The summed E-state index contributed by atoms with van der Waals surface area (Å²) in [4.78, 5) is 4.23. The topological polar surface area (TPSA) is 27.1 Å². The van der Waals surface area contributed by atoms with Gasteiger partial charge in [0.1, 0.15) is 17.1 Å². The molecule has 1 aromatic heterocycles. The molecule has 0 atom stereocenters. The molecule has 2 aromatic rings. The number of rotatable bonds is 4. The zero-order chi connectivity index (χ0) is 12.4. The lowest BCUT2D eigenvalue weighted by molar-refractivity contribution is 0.127. The molecule has 17 heavy (non-hydrogen) atoms. The van der Waals surface area contributed by atoms with Gasteiger partial charge in [-0.2, -0.15) is 0 Å². The summed E-state index contributed by atoms with van der Waals surface area (Å²) >= 11 is 5.71. The Morgan fingerprint density at radius 3 is 2.82 bits per heavy atom. The number of fused-ring (bicyclic) bond motifs is 1. The van der Waals surface area contributed by atoms with Crippen molar-refractivity contribution in [3.05, 3.63) is 24.0 Å². The largest absolute Gasteiger partial charge is 0.494 e. The van der Waals surface area contributed by atoms with E-state index < -0.39 is 13.0 Å². The van der Waals surface area contributed by atoms with E-state index in [0.717, 1.165) is 0 Å². The van der Waals surface area contributed by atoms with Crippen LogP contribution in [0.5, 0.6) is 5.75 Å². The first-order chi connectivity index (χ1) is 8.17. The average molecular weight is 261 g/mol. The van der Waals surface area contributed by atoms with Crippen molar-refractivity contribution in [2.75, 3.05) is 7.11 Å². The van der Waals surface area contributed by atoms with E-state index in [1.807, 2.05) is 0 Å². The zero-order valence-electron chi connectivity index (χ0n) is 9.16. The monoisotopic (exact) mass is 260 g/mol. The van der Waals surface area contributed by atoms with Gasteiger partial charge in [-0.25, -0.2) is 13.8 Å². The van der Waals surface area contributed by atoms with Crippen molar-refractivity contribution >= 4 is 22.6 Å². The van der Waals surface area contributed by atoms with Gasteiger partial charge in [0, 0.05) is 0 Å². The molecule has 0 amide bonds. The van der Waals surface area contributed by atoms with Crippen LogP contribution in [0.2, 0.25) is 0 Å². The molecule has 0 fully saturated rings. The fourth-order valence-electron chi connectivity index (χ4n) is 1.78. The fraction of sp³-hybridized carbons (Fsp3) is 0.364. The standard InChI is InChI=1S/C11H11ClF2N2O/c1-17-8-4-2-3-7-11(8)15-10(5-12)16(7)6-9(13)14/h2-4,9H,5-6H2,1H3. The van der Waals surface area contributed by atoms with E-state index in [4.69, 9.17) is 16.3 Å². The lowest BCUT2D eigenvalue weighted by atomic mass is 10.3. The van der Waals surface area contributed by atoms with Crippen LogP contribution in [0.1, 0.15) is 5.82 Å². The SMILES string of the molecule is COc1cccc2c1nc(CCl)n2CC(F)F. The molecule has 1 aromatic carbocycles. The Labute approximate surface area is 102 Å². The molecule has 0 saturated carbocycles. The number of halogens is 3. The molecule has 0 N–H and O–H groups in total. The van der Waals surface area contributed by atoms with Crippen LogP contribution in [-0.4, -0.2) is 23.1 Å².